The lowest BCUT2D eigenvalue weighted by atomic mass is 10.0. The zero-order valence-corrected chi connectivity index (χ0v) is 18.1. The summed E-state index contributed by atoms with van der Waals surface area (Å²) in [5.41, 5.74) is -1.58. The number of urea groups is 1. The zero-order chi connectivity index (χ0) is 23.1. The fourth-order valence-electron chi connectivity index (χ4n) is 2.49. The number of alkyl halides is 3. The number of hydrogen-bond acceptors (Lipinski definition) is 4. The molecule has 2 amide bonds. The molecule has 0 aliphatic heterocycles. The van der Waals surface area contributed by atoms with Gasteiger partial charge in [-0.2, -0.15) is 18.3 Å². The highest BCUT2D eigenvalue weighted by Crippen LogP contribution is 2.27. The van der Waals surface area contributed by atoms with E-state index in [1.54, 1.807) is 24.3 Å². The van der Waals surface area contributed by atoms with E-state index in [-0.39, 0.29) is 5.56 Å². The van der Waals surface area contributed by atoms with Crippen LogP contribution in [0.3, 0.4) is 0 Å². The van der Waals surface area contributed by atoms with Crippen molar-refractivity contribution >= 4 is 33.2 Å². The molecule has 0 saturated carbocycles. The SMILES string of the molecule is CCCCNC(=O)NN=C(c1ccc(Cl)cc1)c1ccc(CS(=O)(=O)C(F)(F)F)cc1. The third kappa shape index (κ3) is 7.25. The number of nitrogens with zero attached hydrogens (tertiary/aromatic N) is 1. The Morgan fingerprint density at radius 1 is 1.03 bits per heavy atom. The minimum absolute atomic E-state index is 0.0261. The number of sulfone groups is 1. The fraction of sp³-hybridized carbons (Fsp3) is 0.300. The minimum Gasteiger partial charge on any atom is -0.337 e. The van der Waals surface area contributed by atoms with E-state index >= 15 is 0 Å². The van der Waals surface area contributed by atoms with Crippen molar-refractivity contribution in [2.75, 3.05) is 6.54 Å². The number of rotatable bonds is 8. The number of benzene rings is 2. The first-order chi connectivity index (χ1) is 14.5. The van der Waals surface area contributed by atoms with Crippen molar-refractivity contribution in [3.63, 3.8) is 0 Å². The Labute approximate surface area is 183 Å². The summed E-state index contributed by atoms with van der Waals surface area (Å²) in [5, 5.41) is 7.26. The van der Waals surface area contributed by atoms with Crippen LogP contribution >= 0.6 is 11.6 Å². The maximum absolute atomic E-state index is 12.6. The maximum atomic E-state index is 12.6. The molecule has 31 heavy (non-hydrogen) atoms. The Morgan fingerprint density at radius 2 is 1.58 bits per heavy atom. The standard InChI is InChI=1S/C20H21ClF3N3O3S/c1-2-3-12-25-19(28)27-26-18(16-8-10-17(21)11-9-16)15-6-4-14(5-7-15)13-31(29,30)20(22,23)24/h4-11H,2-3,12-13H2,1H3,(H2,25,27,28). The van der Waals surface area contributed by atoms with Gasteiger partial charge in [-0.1, -0.05) is 61.3 Å². The molecule has 11 heteroatoms. The predicted octanol–water partition coefficient (Wildman–Crippen LogP) is 4.63. The number of carbonyl (C=O) groups excluding carboxylic acids is 1. The van der Waals surface area contributed by atoms with E-state index < -0.39 is 27.1 Å². The molecule has 2 aromatic carbocycles. The van der Waals surface area contributed by atoms with Gasteiger partial charge in [0.15, 0.2) is 0 Å². The van der Waals surface area contributed by atoms with Gasteiger partial charge in [0.1, 0.15) is 0 Å². The molecular formula is C20H21ClF3N3O3S. The highest BCUT2D eigenvalue weighted by molar-refractivity contribution is 7.91. The second kappa shape index (κ2) is 10.6. The van der Waals surface area contributed by atoms with Crippen LogP contribution in [0.5, 0.6) is 0 Å². The Bertz CT molecular complexity index is 1020. The number of halogens is 4. The third-order valence-electron chi connectivity index (χ3n) is 4.14. The van der Waals surface area contributed by atoms with E-state index in [0.29, 0.717) is 28.4 Å². The molecule has 0 unspecified atom stereocenters. The first-order valence-corrected chi connectivity index (χ1v) is 11.3. The quantitative estimate of drug-likeness (QED) is 0.331. The van der Waals surface area contributed by atoms with Crippen LogP contribution in [0, 0.1) is 0 Å². The van der Waals surface area contributed by atoms with Gasteiger partial charge >= 0.3 is 11.5 Å². The Balaban J connectivity index is 2.28. The highest BCUT2D eigenvalue weighted by Gasteiger charge is 2.45. The van der Waals surface area contributed by atoms with Gasteiger partial charge in [0, 0.05) is 22.7 Å². The van der Waals surface area contributed by atoms with Crippen molar-refractivity contribution in [2.45, 2.75) is 31.0 Å². The van der Waals surface area contributed by atoms with E-state index in [9.17, 15) is 26.4 Å². The average Bonchev–Trinajstić information content (AvgIpc) is 2.69. The van der Waals surface area contributed by atoms with Crippen LogP contribution in [-0.4, -0.2) is 32.2 Å². The van der Waals surface area contributed by atoms with E-state index in [1.165, 1.54) is 24.3 Å². The summed E-state index contributed by atoms with van der Waals surface area (Å²) in [5.74, 6) is -1.16. The normalized spacial score (nSPS) is 12.5. The molecule has 6 nitrogen and oxygen atoms in total. The summed E-state index contributed by atoms with van der Waals surface area (Å²) < 4.78 is 60.5. The van der Waals surface area contributed by atoms with Crippen LogP contribution in [0.25, 0.3) is 0 Å². The molecule has 168 valence electrons. The van der Waals surface area contributed by atoms with Crippen LogP contribution in [0.1, 0.15) is 36.5 Å². The third-order valence-corrected chi connectivity index (χ3v) is 5.81. The number of hydrogen-bond donors (Lipinski definition) is 2. The van der Waals surface area contributed by atoms with Crippen molar-refractivity contribution in [3.8, 4) is 0 Å². The number of amides is 2. The van der Waals surface area contributed by atoms with Gasteiger partial charge in [-0.15, -0.1) is 0 Å². The van der Waals surface area contributed by atoms with Crippen molar-refractivity contribution in [1.29, 1.82) is 0 Å². The molecule has 0 saturated heterocycles. The van der Waals surface area contributed by atoms with Crippen LogP contribution in [0.2, 0.25) is 5.02 Å². The second-order valence-corrected chi connectivity index (χ2v) is 9.01. The van der Waals surface area contributed by atoms with Crippen LogP contribution in [-0.2, 0) is 15.6 Å². The number of carbonyl (C=O) groups is 1. The van der Waals surface area contributed by atoms with Crippen LogP contribution < -0.4 is 10.7 Å². The van der Waals surface area contributed by atoms with Crippen LogP contribution in [0.15, 0.2) is 53.6 Å². The molecule has 0 fully saturated rings. The Hall–Kier alpha value is -2.59. The van der Waals surface area contributed by atoms with Gasteiger partial charge in [-0.25, -0.2) is 18.6 Å². The van der Waals surface area contributed by atoms with Crippen molar-refractivity contribution < 1.29 is 26.4 Å². The summed E-state index contributed by atoms with van der Waals surface area (Å²) in [6.07, 6.45) is 1.72. The Morgan fingerprint density at radius 3 is 2.10 bits per heavy atom. The Kier molecular flexibility index (Phi) is 8.46. The summed E-state index contributed by atoms with van der Waals surface area (Å²) >= 11 is 5.91. The highest BCUT2D eigenvalue weighted by atomic mass is 35.5. The van der Waals surface area contributed by atoms with E-state index in [2.05, 4.69) is 15.8 Å². The van der Waals surface area contributed by atoms with Crippen molar-refractivity contribution in [2.24, 2.45) is 5.10 Å². The molecule has 0 spiro atoms. The van der Waals surface area contributed by atoms with E-state index in [0.717, 1.165) is 12.8 Å². The zero-order valence-electron chi connectivity index (χ0n) is 16.5. The molecule has 2 aromatic rings. The van der Waals surface area contributed by atoms with E-state index in [4.69, 9.17) is 11.6 Å². The van der Waals surface area contributed by atoms with Crippen molar-refractivity contribution in [3.05, 3.63) is 70.2 Å². The summed E-state index contributed by atoms with van der Waals surface area (Å²) in [6.45, 7) is 2.47. The molecule has 0 bridgehead atoms. The average molecular weight is 476 g/mol. The summed E-state index contributed by atoms with van der Waals surface area (Å²) in [6, 6.07) is 11.5. The molecule has 2 N–H and O–H groups in total. The van der Waals surface area contributed by atoms with E-state index in [1.807, 2.05) is 6.92 Å². The maximum Gasteiger partial charge on any atom is 0.497 e. The van der Waals surface area contributed by atoms with Gasteiger partial charge in [-0.3, -0.25) is 0 Å². The fourth-order valence-corrected chi connectivity index (χ4v) is 3.41. The molecule has 0 atom stereocenters. The lowest BCUT2D eigenvalue weighted by molar-refractivity contribution is -0.0437. The summed E-state index contributed by atoms with van der Waals surface area (Å²) in [4.78, 5) is 11.9. The lowest BCUT2D eigenvalue weighted by Gasteiger charge is -2.11. The van der Waals surface area contributed by atoms with Gasteiger partial charge in [0.05, 0.1) is 11.5 Å². The number of nitrogens with one attached hydrogen (secondary N) is 2. The van der Waals surface area contributed by atoms with Gasteiger partial charge in [0.2, 0.25) is 0 Å². The molecule has 2 rings (SSSR count). The van der Waals surface area contributed by atoms with Crippen LogP contribution in [0.4, 0.5) is 18.0 Å². The molecule has 0 heterocycles. The van der Waals surface area contributed by atoms with Crippen molar-refractivity contribution in [1.82, 2.24) is 10.7 Å². The monoisotopic (exact) mass is 475 g/mol. The lowest BCUT2D eigenvalue weighted by Crippen LogP contribution is -2.33. The molecule has 0 aliphatic rings. The topological polar surface area (TPSA) is 87.6 Å². The largest absolute Gasteiger partial charge is 0.497 e. The minimum atomic E-state index is -5.32. The van der Waals surface area contributed by atoms with Gasteiger partial charge < -0.3 is 5.32 Å². The number of hydrazone groups is 1. The van der Waals surface area contributed by atoms with Gasteiger partial charge in [-0.05, 0) is 24.1 Å². The second-order valence-electron chi connectivity index (χ2n) is 6.59. The molecular weight excluding hydrogens is 455 g/mol. The number of unbranched alkanes of at least 4 members (excludes halogenated alkanes) is 1. The molecule has 0 radical (unpaired) electrons. The first kappa shape index (κ1) is 24.7. The summed E-state index contributed by atoms with van der Waals surface area (Å²) in [7, 11) is -5.28. The first-order valence-electron chi connectivity index (χ1n) is 9.29. The van der Waals surface area contributed by atoms with Gasteiger partial charge in [0.25, 0.3) is 9.84 Å². The predicted molar refractivity (Wildman–Crippen MR) is 114 cm³/mol. The smallest absolute Gasteiger partial charge is 0.337 e. The molecule has 0 aromatic heterocycles. The molecule has 0 aliphatic carbocycles.